The Bertz CT molecular complexity index is 583. The van der Waals surface area contributed by atoms with Gasteiger partial charge in [0.15, 0.2) is 0 Å². The number of nitrogens with two attached hydrogens (primary N) is 1. The molecule has 0 spiro atoms. The maximum absolute atomic E-state index is 6.06. The van der Waals surface area contributed by atoms with Crippen molar-refractivity contribution in [1.82, 2.24) is 9.38 Å². The van der Waals surface area contributed by atoms with E-state index in [-0.39, 0.29) is 6.10 Å². The number of imidazole rings is 1. The van der Waals surface area contributed by atoms with Crippen LogP contribution < -0.4 is 10.5 Å². The van der Waals surface area contributed by atoms with Gasteiger partial charge in [-0.25, -0.2) is 4.98 Å². The van der Waals surface area contributed by atoms with Crippen molar-refractivity contribution in [2.75, 3.05) is 5.73 Å². The predicted octanol–water partition coefficient (Wildman–Crippen LogP) is 4.39. The van der Waals surface area contributed by atoms with Gasteiger partial charge in [-0.05, 0) is 26.7 Å². The van der Waals surface area contributed by atoms with E-state index >= 15 is 0 Å². The molecule has 0 fully saturated rings. The number of hydrogen-bond donors (Lipinski definition) is 1. The maximum atomic E-state index is 6.06. The SMILES string of the molecule is CCCC(CCC)c1cn2cc(N)c(OC(C)C)cc2n1. The molecular formula is C17H27N3O. The Morgan fingerprint density at radius 3 is 2.43 bits per heavy atom. The van der Waals surface area contributed by atoms with Gasteiger partial charge in [0, 0.05) is 24.4 Å². The average molecular weight is 289 g/mol. The first-order valence-corrected chi connectivity index (χ1v) is 7.99. The zero-order chi connectivity index (χ0) is 15.4. The Balaban J connectivity index is 2.36. The fourth-order valence-corrected chi connectivity index (χ4v) is 2.74. The molecule has 2 aromatic rings. The van der Waals surface area contributed by atoms with E-state index in [4.69, 9.17) is 15.5 Å². The number of ether oxygens (including phenoxy) is 1. The predicted molar refractivity (Wildman–Crippen MR) is 87.9 cm³/mol. The Kier molecular flexibility index (Phi) is 5.10. The van der Waals surface area contributed by atoms with E-state index in [0.29, 0.717) is 11.6 Å². The van der Waals surface area contributed by atoms with Crippen LogP contribution in [0.2, 0.25) is 0 Å². The molecule has 0 aliphatic carbocycles. The summed E-state index contributed by atoms with van der Waals surface area (Å²) in [6.07, 6.45) is 8.85. The molecule has 0 aromatic carbocycles. The van der Waals surface area contributed by atoms with E-state index in [1.807, 2.05) is 30.5 Å². The van der Waals surface area contributed by atoms with Crippen LogP contribution >= 0.6 is 0 Å². The molecule has 0 aliphatic rings. The van der Waals surface area contributed by atoms with E-state index in [1.165, 1.54) is 31.4 Å². The summed E-state index contributed by atoms with van der Waals surface area (Å²) in [5.41, 5.74) is 8.80. The van der Waals surface area contributed by atoms with Crippen LogP contribution in [0, 0.1) is 0 Å². The van der Waals surface area contributed by atoms with Crippen LogP contribution in [0.1, 0.15) is 65.0 Å². The molecule has 116 valence electrons. The Hall–Kier alpha value is -1.71. The standard InChI is InChI=1S/C17H27N3O/c1-5-7-13(8-6-2)15-11-20-10-14(18)16(21-12(3)4)9-17(20)19-15/h9-13H,5-8,18H2,1-4H3. The van der Waals surface area contributed by atoms with Crippen molar-refractivity contribution < 1.29 is 4.74 Å². The van der Waals surface area contributed by atoms with Gasteiger partial charge in [-0.3, -0.25) is 0 Å². The highest BCUT2D eigenvalue weighted by atomic mass is 16.5. The van der Waals surface area contributed by atoms with Gasteiger partial charge in [0.05, 0.1) is 17.5 Å². The van der Waals surface area contributed by atoms with Gasteiger partial charge in [0.1, 0.15) is 11.4 Å². The highest BCUT2D eigenvalue weighted by Crippen LogP contribution is 2.29. The summed E-state index contributed by atoms with van der Waals surface area (Å²) in [7, 11) is 0. The Morgan fingerprint density at radius 2 is 1.86 bits per heavy atom. The second kappa shape index (κ2) is 6.83. The largest absolute Gasteiger partial charge is 0.489 e. The van der Waals surface area contributed by atoms with Crippen molar-refractivity contribution in [3.8, 4) is 5.75 Å². The molecule has 0 saturated carbocycles. The van der Waals surface area contributed by atoms with Gasteiger partial charge in [-0.15, -0.1) is 0 Å². The third kappa shape index (κ3) is 3.69. The number of pyridine rings is 1. The lowest BCUT2D eigenvalue weighted by Crippen LogP contribution is -2.08. The highest BCUT2D eigenvalue weighted by molar-refractivity contribution is 5.59. The molecule has 2 N–H and O–H groups in total. The fourth-order valence-electron chi connectivity index (χ4n) is 2.74. The lowest BCUT2D eigenvalue weighted by Gasteiger charge is -2.11. The lowest BCUT2D eigenvalue weighted by atomic mass is 9.95. The molecule has 0 atom stereocenters. The van der Waals surface area contributed by atoms with Crippen molar-refractivity contribution in [1.29, 1.82) is 0 Å². The van der Waals surface area contributed by atoms with Crippen molar-refractivity contribution in [3.63, 3.8) is 0 Å². The number of anilines is 1. The molecule has 0 unspecified atom stereocenters. The summed E-state index contributed by atoms with van der Waals surface area (Å²) in [6.45, 7) is 8.45. The molecule has 21 heavy (non-hydrogen) atoms. The molecule has 0 aliphatic heterocycles. The molecule has 4 heteroatoms. The van der Waals surface area contributed by atoms with Crippen LogP contribution in [0.4, 0.5) is 5.69 Å². The van der Waals surface area contributed by atoms with Crippen molar-refractivity contribution in [2.24, 2.45) is 0 Å². The van der Waals surface area contributed by atoms with E-state index in [1.54, 1.807) is 0 Å². The van der Waals surface area contributed by atoms with Gasteiger partial charge in [-0.1, -0.05) is 26.7 Å². The van der Waals surface area contributed by atoms with Crippen LogP contribution in [-0.4, -0.2) is 15.5 Å². The van der Waals surface area contributed by atoms with Gasteiger partial charge >= 0.3 is 0 Å². The summed E-state index contributed by atoms with van der Waals surface area (Å²) < 4.78 is 7.75. The molecule has 0 radical (unpaired) electrons. The third-order valence-electron chi connectivity index (χ3n) is 3.66. The zero-order valence-electron chi connectivity index (χ0n) is 13.6. The van der Waals surface area contributed by atoms with Crippen LogP contribution in [0.3, 0.4) is 0 Å². The second-order valence-electron chi connectivity index (χ2n) is 5.97. The van der Waals surface area contributed by atoms with Crippen molar-refractivity contribution in [2.45, 2.75) is 65.4 Å². The first-order chi connectivity index (χ1) is 10.0. The van der Waals surface area contributed by atoms with E-state index < -0.39 is 0 Å². The van der Waals surface area contributed by atoms with Gasteiger partial charge in [0.25, 0.3) is 0 Å². The minimum Gasteiger partial charge on any atom is -0.489 e. The smallest absolute Gasteiger partial charge is 0.147 e. The van der Waals surface area contributed by atoms with E-state index in [2.05, 4.69) is 20.0 Å². The van der Waals surface area contributed by atoms with Gasteiger partial charge < -0.3 is 14.9 Å². The number of nitrogens with zero attached hydrogens (tertiary/aromatic N) is 2. The molecule has 2 aromatic heterocycles. The molecule has 0 bridgehead atoms. The van der Waals surface area contributed by atoms with Gasteiger partial charge in [-0.2, -0.15) is 0 Å². The molecule has 4 nitrogen and oxygen atoms in total. The fraction of sp³-hybridized carbons (Fsp3) is 0.588. The minimum atomic E-state index is 0.108. The molecular weight excluding hydrogens is 262 g/mol. The normalized spacial score (nSPS) is 11.7. The Labute approximate surface area is 127 Å². The van der Waals surface area contributed by atoms with Crippen LogP contribution in [0.15, 0.2) is 18.5 Å². The summed E-state index contributed by atoms with van der Waals surface area (Å²) in [6, 6.07) is 1.94. The average Bonchev–Trinajstić information content (AvgIpc) is 2.81. The van der Waals surface area contributed by atoms with Crippen molar-refractivity contribution >= 4 is 11.3 Å². The summed E-state index contributed by atoms with van der Waals surface area (Å²) in [5.74, 6) is 1.26. The van der Waals surface area contributed by atoms with E-state index in [9.17, 15) is 0 Å². The quantitative estimate of drug-likeness (QED) is 0.822. The first-order valence-electron chi connectivity index (χ1n) is 7.99. The highest BCUT2D eigenvalue weighted by Gasteiger charge is 2.15. The number of nitrogen functional groups attached to an aromatic ring is 1. The zero-order valence-corrected chi connectivity index (χ0v) is 13.6. The maximum Gasteiger partial charge on any atom is 0.147 e. The molecule has 0 amide bonds. The lowest BCUT2D eigenvalue weighted by molar-refractivity contribution is 0.244. The monoisotopic (exact) mass is 289 g/mol. The van der Waals surface area contributed by atoms with Crippen LogP contribution in [0.5, 0.6) is 5.75 Å². The number of hydrogen-bond acceptors (Lipinski definition) is 3. The number of fused-ring (bicyclic) bond motifs is 1. The first kappa shape index (κ1) is 15.7. The summed E-state index contributed by atoms with van der Waals surface area (Å²) in [5, 5.41) is 0. The number of rotatable bonds is 7. The third-order valence-corrected chi connectivity index (χ3v) is 3.66. The minimum absolute atomic E-state index is 0.108. The van der Waals surface area contributed by atoms with Crippen LogP contribution in [-0.2, 0) is 0 Å². The second-order valence-corrected chi connectivity index (χ2v) is 5.97. The topological polar surface area (TPSA) is 52.5 Å². The molecule has 0 saturated heterocycles. The van der Waals surface area contributed by atoms with Gasteiger partial charge in [0.2, 0.25) is 0 Å². The summed E-state index contributed by atoms with van der Waals surface area (Å²) >= 11 is 0. The number of aromatic nitrogens is 2. The van der Waals surface area contributed by atoms with E-state index in [0.717, 1.165) is 11.4 Å². The molecule has 2 rings (SSSR count). The summed E-state index contributed by atoms with van der Waals surface area (Å²) in [4.78, 5) is 4.79. The van der Waals surface area contributed by atoms with Crippen molar-refractivity contribution in [3.05, 3.63) is 24.2 Å². The Morgan fingerprint density at radius 1 is 1.19 bits per heavy atom. The molecule has 2 heterocycles. The van der Waals surface area contributed by atoms with Crippen LogP contribution in [0.25, 0.3) is 5.65 Å².